The molecule has 1 aliphatic heterocycles. The molecule has 0 unspecified atom stereocenters. The minimum Gasteiger partial charge on any atom is -0.456 e. The summed E-state index contributed by atoms with van der Waals surface area (Å²) in [5.41, 5.74) is 10.4. The lowest BCUT2D eigenvalue weighted by molar-refractivity contribution is 0.101. The Morgan fingerprint density at radius 3 is 2.60 bits per heavy atom. The molecule has 0 saturated heterocycles. The molecule has 4 heteroatoms. The van der Waals surface area contributed by atoms with Crippen LogP contribution < -0.4 is 11.1 Å². The summed E-state index contributed by atoms with van der Waals surface area (Å²) in [5, 5.41) is 9.12. The van der Waals surface area contributed by atoms with Crippen molar-refractivity contribution in [1.29, 1.82) is 5.41 Å². The maximum absolute atomic E-state index is 12.1. The molecule has 4 nitrogen and oxygen atoms in total. The number of ketones is 1. The zero-order valence-corrected chi connectivity index (χ0v) is 13.7. The van der Waals surface area contributed by atoms with E-state index in [0.29, 0.717) is 28.0 Å². The lowest BCUT2D eigenvalue weighted by Gasteiger charge is -2.17. The van der Waals surface area contributed by atoms with Gasteiger partial charge >= 0.3 is 0 Å². The van der Waals surface area contributed by atoms with Crippen LogP contribution in [0.2, 0.25) is 0 Å². The Morgan fingerprint density at radius 2 is 1.80 bits per heavy atom. The van der Waals surface area contributed by atoms with Crippen LogP contribution in [0.5, 0.6) is 0 Å². The second-order valence-electron chi connectivity index (χ2n) is 6.05. The van der Waals surface area contributed by atoms with Crippen molar-refractivity contribution in [1.82, 2.24) is 0 Å². The van der Waals surface area contributed by atoms with E-state index in [-0.39, 0.29) is 5.78 Å². The third-order valence-corrected chi connectivity index (χ3v) is 4.32. The fourth-order valence-corrected chi connectivity index (χ4v) is 3.21. The third-order valence-electron chi connectivity index (χ3n) is 4.32. The number of Topliss-reactive ketones (excluding diaryl/α,β-unsaturated/α-hetero) is 1. The van der Waals surface area contributed by atoms with Gasteiger partial charge in [0.15, 0.2) is 5.78 Å². The molecule has 0 aromatic heterocycles. The Labute approximate surface area is 144 Å². The number of hydrogen-bond donors (Lipinski definition) is 2. The van der Waals surface area contributed by atoms with E-state index in [1.54, 1.807) is 25.1 Å². The van der Waals surface area contributed by atoms with Crippen LogP contribution in [-0.4, -0.2) is 5.78 Å². The van der Waals surface area contributed by atoms with Crippen molar-refractivity contribution in [3.63, 3.8) is 0 Å². The van der Waals surface area contributed by atoms with Crippen molar-refractivity contribution in [3.8, 4) is 22.5 Å². The quantitative estimate of drug-likeness (QED) is 0.324. The van der Waals surface area contributed by atoms with Gasteiger partial charge in [-0.2, -0.15) is 0 Å². The third kappa shape index (κ3) is 2.48. The molecule has 3 N–H and O–H groups in total. The van der Waals surface area contributed by atoms with Crippen LogP contribution in [0.25, 0.3) is 33.4 Å². The molecular weight excluding hydrogens is 312 g/mol. The molecule has 2 aromatic carbocycles. The summed E-state index contributed by atoms with van der Waals surface area (Å²) in [6, 6.07) is 18.3. The molecule has 2 aliphatic rings. The van der Waals surface area contributed by atoms with E-state index >= 15 is 0 Å². The van der Waals surface area contributed by atoms with Gasteiger partial charge in [0.25, 0.3) is 0 Å². The lowest BCUT2D eigenvalue weighted by Crippen LogP contribution is -2.02. The molecule has 0 spiro atoms. The van der Waals surface area contributed by atoms with Crippen LogP contribution >= 0.6 is 0 Å². The first-order valence-electron chi connectivity index (χ1n) is 7.95. The van der Waals surface area contributed by atoms with Crippen LogP contribution in [0, 0.1) is 5.41 Å². The molecule has 0 amide bonds. The maximum atomic E-state index is 12.1. The SMILES string of the molecule is CC(=O)c1ccccc1-c1c2ccc(=N)cc-2oc2cc(N)ccc12. The summed E-state index contributed by atoms with van der Waals surface area (Å²) >= 11 is 0. The molecule has 0 fully saturated rings. The molecule has 0 atom stereocenters. The van der Waals surface area contributed by atoms with Gasteiger partial charge in [0.1, 0.15) is 11.3 Å². The van der Waals surface area contributed by atoms with E-state index in [1.165, 1.54) is 0 Å². The standard InChI is InChI=1S/C21H16N2O2/c1-12(24)15-4-2-3-5-16(15)21-17-8-6-13(22)10-19(17)25-20-11-14(23)7-9-18(20)21/h2-11,22H,23H2,1H3. The Balaban J connectivity index is 2.22. The van der Waals surface area contributed by atoms with Crippen molar-refractivity contribution < 1.29 is 9.21 Å². The number of fused-ring (bicyclic) bond motifs is 2. The second-order valence-corrected chi connectivity index (χ2v) is 6.05. The number of nitrogens with one attached hydrogen (secondary N) is 1. The first kappa shape index (κ1) is 15.1. The van der Waals surface area contributed by atoms with Crippen LogP contribution in [0.15, 0.2) is 65.1 Å². The highest BCUT2D eigenvalue weighted by Gasteiger charge is 2.20. The Kier molecular flexibility index (Phi) is 3.39. The molecule has 0 radical (unpaired) electrons. The Bertz CT molecular complexity index is 1160. The smallest absolute Gasteiger partial charge is 0.160 e. The molecule has 1 aliphatic carbocycles. The van der Waals surface area contributed by atoms with Crippen LogP contribution in [-0.2, 0) is 0 Å². The normalized spacial score (nSPS) is 11.1. The van der Waals surface area contributed by atoms with Gasteiger partial charge < -0.3 is 15.6 Å². The fourth-order valence-electron chi connectivity index (χ4n) is 3.21. The minimum atomic E-state index is 0.00486. The van der Waals surface area contributed by atoms with E-state index in [1.807, 2.05) is 42.5 Å². The first-order valence-corrected chi connectivity index (χ1v) is 7.95. The number of hydrogen-bond acceptors (Lipinski definition) is 4. The summed E-state index contributed by atoms with van der Waals surface area (Å²) in [7, 11) is 0. The van der Waals surface area contributed by atoms with Gasteiger partial charge in [0.05, 0.1) is 5.36 Å². The second kappa shape index (κ2) is 5.60. The predicted octanol–water partition coefficient (Wildman–Crippen LogP) is 4.47. The molecular formula is C21H16N2O2. The van der Waals surface area contributed by atoms with E-state index in [9.17, 15) is 4.79 Å². The molecule has 4 rings (SSSR count). The largest absolute Gasteiger partial charge is 0.456 e. The average molecular weight is 328 g/mol. The zero-order valence-electron chi connectivity index (χ0n) is 13.7. The topological polar surface area (TPSA) is 80.1 Å². The molecule has 122 valence electrons. The Morgan fingerprint density at radius 1 is 1.00 bits per heavy atom. The van der Waals surface area contributed by atoms with Gasteiger partial charge in [0, 0.05) is 39.9 Å². The zero-order chi connectivity index (χ0) is 17.6. The van der Waals surface area contributed by atoms with Crippen LogP contribution in [0.1, 0.15) is 17.3 Å². The van der Waals surface area contributed by atoms with Crippen LogP contribution in [0.3, 0.4) is 0 Å². The van der Waals surface area contributed by atoms with Gasteiger partial charge in [-0.1, -0.05) is 24.3 Å². The van der Waals surface area contributed by atoms with Crippen molar-refractivity contribution in [2.45, 2.75) is 6.92 Å². The molecule has 2 aromatic rings. The number of nitrogens with two attached hydrogens (primary N) is 1. The highest BCUT2D eigenvalue weighted by molar-refractivity contribution is 6.09. The number of anilines is 1. The lowest BCUT2D eigenvalue weighted by atomic mass is 9.90. The fraction of sp³-hybridized carbons (Fsp3) is 0.0476. The van der Waals surface area contributed by atoms with Crippen molar-refractivity contribution in [2.24, 2.45) is 0 Å². The van der Waals surface area contributed by atoms with Crippen molar-refractivity contribution in [3.05, 3.63) is 71.6 Å². The summed E-state index contributed by atoms with van der Waals surface area (Å²) in [6.07, 6.45) is 0. The van der Waals surface area contributed by atoms with Crippen LogP contribution in [0.4, 0.5) is 5.69 Å². The van der Waals surface area contributed by atoms with Crippen molar-refractivity contribution >= 4 is 22.4 Å². The highest BCUT2D eigenvalue weighted by atomic mass is 16.3. The maximum Gasteiger partial charge on any atom is 0.160 e. The number of nitrogen functional groups attached to an aromatic ring is 1. The van der Waals surface area contributed by atoms with E-state index < -0.39 is 0 Å². The summed E-state index contributed by atoms with van der Waals surface area (Å²) in [4.78, 5) is 12.1. The number of carbonyl (C=O) groups is 1. The number of carbonyl (C=O) groups excluding carboxylic acids is 1. The number of rotatable bonds is 2. The predicted molar refractivity (Wildman–Crippen MR) is 98.5 cm³/mol. The van der Waals surface area contributed by atoms with Gasteiger partial charge in [0.2, 0.25) is 0 Å². The van der Waals surface area contributed by atoms with E-state index in [2.05, 4.69) is 0 Å². The van der Waals surface area contributed by atoms with Gasteiger partial charge in [-0.3, -0.25) is 4.79 Å². The summed E-state index contributed by atoms with van der Waals surface area (Å²) in [6.45, 7) is 1.57. The average Bonchev–Trinajstić information content (AvgIpc) is 2.59. The number of benzene rings is 3. The highest BCUT2D eigenvalue weighted by Crippen LogP contribution is 2.41. The van der Waals surface area contributed by atoms with Gasteiger partial charge in [-0.25, -0.2) is 0 Å². The Hall–Kier alpha value is -3.40. The molecule has 25 heavy (non-hydrogen) atoms. The summed E-state index contributed by atoms with van der Waals surface area (Å²) < 4.78 is 5.99. The molecule has 0 saturated carbocycles. The molecule has 1 heterocycles. The first-order chi connectivity index (χ1) is 12.0. The van der Waals surface area contributed by atoms with E-state index in [0.717, 1.165) is 22.1 Å². The monoisotopic (exact) mass is 328 g/mol. The van der Waals surface area contributed by atoms with E-state index in [4.69, 9.17) is 15.6 Å². The van der Waals surface area contributed by atoms with Gasteiger partial charge in [-0.15, -0.1) is 0 Å². The molecule has 0 bridgehead atoms. The summed E-state index contributed by atoms with van der Waals surface area (Å²) in [5.74, 6) is 0.601. The van der Waals surface area contributed by atoms with Crippen molar-refractivity contribution in [2.75, 3.05) is 5.73 Å². The minimum absolute atomic E-state index is 0.00486. The van der Waals surface area contributed by atoms with Gasteiger partial charge in [-0.05, 0) is 36.8 Å².